The maximum Gasteiger partial charge on any atom is 1.00 e. The Kier molecular flexibility index (Phi) is 20.0. The second-order valence-corrected chi connectivity index (χ2v) is 3.47. The Morgan fingerprint density at radius 2 is 1.60 bits per heavy atom. The fourth-order valence-electron chi connectivity index (χ4n) is 0.715. The van der Waals surface area contributed by atoms with Gasteiger partial charge in [-0.25, -0.2) is 0 Å². The van der Waals surface area contributed by atoms with Crippen molar-refractivity contribution in [3.05, 3.63) is 0 Å². The lowest BCUT2D eigenvalue weighted by atomic mass is 10.1. The predicted octanol–water partition coefficient (Wildman–Crippen LogP) is -6.91. The summed E-state index contributed by atoms with van der Waals surface area (Å²) in [6.07, 6.45) is -0.939. The van der Waals surface area contributed by atoms with Crippen LogP contribution in [0.4, 0.5) is 0 Å². The second-order valence-electron chi connectivity index (χ2n) is 3.47. The van der Waals surface area contributed by atoms with Gasteiger partial charge in [0.05, 0.1) is 12.6 Å². The van der Waals surface area contributed by atoms with Crippen molar-refractivity contribution >= 4 is 18.1 Å². The van der Waals surface area contributed by atoms with Gasteiger partial charge in [0.25, 0.3) is 0 Å². The van der Waals surface area contributed by atoms with E-state index in [9.17, 15) is 24.9 Å². The molecule has 7 N–H and O–H groups in total. The van der Waals surface area contributed by atoms with Gasteiger partial charge in [-0.15, -0.1) is 0 Å². The molecule has 0 saturated carbocycles. The van der Waals surface area contributed by atoms with E-state index < -0.39 is 24.3 Å². The molecule has 0 amide bonds. The van der Waals surface area contributed by atoms with Crippen LogP contribution in [0.15, 0.2) is 0 Å². The minimum Gasteiger partial charge on any atom is -0.827 e. The number of carbonyl (C=O) groups is 2. The monoisotopic (exact) mass is 296 g/mol. The van der Waals surface area contributed by atoms with E-state index in [1.165, 1.54) is 0 Å². The summed E-state index contributed by atoms with van der Waals surface area (Å²) in [5.74, 6) is -2.21. The highest BCUT2D eigenvalue weighted by molar-refractivity contribution is 5.64. The normalized spacial score (nSPS) is 11.6. The van der Waals surface area contributed by atoms with E-state index in [1.54, 1.807) is 0 Å². The molecule has 2 atom stereocenters. The summed E-state index contributed by atoms with van der Waals surface area (Å²) in [5.41, 5.74) is 6.72. The van der Waals surface area contributed by atoms with Crippen LogP contribution in [0.5, 0.6) is 0 Å². The summed E-state index contributed by atoms with van der Waals surface area (Å²) in [4.78, 5) is 35.7. The number of hydrogen-bond donors (Lipinski definition) is 3. The van der Waals surface area contributed by atoms with Gasteiger partial charge in [-0.05, 0) is 12.8 Å². The van der Waals surface area contributed by atoms with Gasteiger partial charge < -0.3 is 41.5 Å². The first-order chi connectivity index (χ1) is 9.22. The van der Waals surface area contributed by atoms with Crippen molar-refractivity contribution in [1.29, 1.82) is 0 Å². The number of hydrogen-bond acceptors (Lipinski definition) is 8. The zero-order valence-corrected chi connectivity index (χ0v) is 10.9. The molecular formula is C10H20N2O8. The lowest BCUT2D eigenvalue weighted by molar-refractivity contribution is -0.572. The molecule has 10 nitrogen and oxygen atoms in total. The third-order valence-corrected chi connectivity index (χ3v) is 1.75. The number of aliphatic hydroxyl groups is 1. The van der Waals surface area contributed by atoms with Crippen LogP contribution in [0, 0.1) is 0 Å². The first kappa shape index (κ1) is 23.3. The van der Waals surface area contributed by atoms with Gasteiger partial charge in [-0.3, -0.25) is 0 Å². The first-order valence-corrected chi connectivity index (χ1v) is 5.58. The quantitative estimate of drug-likeness (QED) is 0.383. The van der Waals surface area contributed by atoms with Crippen LogP contribution in [0.3, 0.4) is 0 Å². The summed E-state index contributed by atoms with van der Waals surface area (Å²) in [6.45, 7) is 0.675. The Morgan fingerprint density at radius 1 is 1.20 bits per heavy atom. The van der Waals surface area contributed by atoms with Gasteiger partial charge >= 0.3 is 7.58 Å². The molecule has 0 aliphatic heterocycles. The summed E-state index contributed by atoms with van der Waals surface area (Å²) in [6, 6.07) is -0.766. The summed E-state index contributed by atoms with van der Waals surface area (Å²) in [7, 11) is 0. The zero-order chi connectivity index (χ0) is 16.6. The molecule has 10 heteroatoms. The standard InChI is InChI=1S/C5H10NO4.C4H9NO2.CO2/c6-3(5(9)10)1-2-4(7)8;5-3-1-2-4(6)7;2-1-3/h3,5,9H,1-2,6H2,(H,7,8);1-3,5H2,(H,6,7);/q-1;;/p+1. The van der Waals surface area contributed by atoms with Crippen molar-refractivity contribution in [1.82, 2.24) is 0 Å². The molecule has 0 aromatic heterocycles. The predicted molar refractivity (Wildman–Crippen MR) is 55.0 cm³/mol. The highest BCUT2D eigenvalue weighted by atomic mass is 16.5. The first-order valence-electron chi connectivity index (χ1n) is 5.58. The van der Waals surface area contributed by atoms with Crippen molar-refractivity contribution in [2.75, 3.05) is 6.54 Å². The number of carbonyl (C=O) groups excluding carboxylic acids is 4. The van der Waals surface area contributed by atoms with E-state index in [2.05, 4.69) is 11.5 Å². The van der Waals surface area contributed by atoms with Crippen LogP contribution in [-0.2, 0) is 19.2 Å². The van der Waals surface area contributed by atoms with Crippen molar-refractivity contribution in [2.45, 2.75) is 38.0 Å². The van der Waals surface area contributed by atoms with Crippen molar-refractivity contribution in [3.8, 4) is 0 Å². The number of rotatable bonds is 7. The van der Waals surface area contributed by atoms with Crippen LogP contribution < -0.4 is 26.8 Å². The third kappa shape index (κ3) is 29.8. The van der Waals surface area contributed by atoms with E-state index in [1.807, 2.05) is 0 Å². The molecule has 118 valence electrons. The highest BCUT2D eigenvalue weighted by Crippen LogP contribution is 1.92. The van der Waals surface area contributed by atoms with Gasteiger partial charge in [-0.2, -0.15) is 9.59 Å². The van der Waals surface area contributed by atoms with Crippen molar-refractivity contribution < 1.29 is 52.5 Å². The van der Waals surface area contributed by atoms with Crippen molar-refractivity contribution in [2.24, 2.45) is 0 Å². The molecule has 0 rings (SSSR count). The number of aliphatic carboxylic acids is 2. The highest BCUT2D eigenvalue weighted by Gasteiger charge is 2.06. The molecule has 0 aliphatic carbocycles. The number of aliphatic hydroxyl groups excluding tert-OH is 1. The molecule has 0 spiro atoms. The lowest BCUT2D eigenvalue weighted by Crippen LogP contribution is -2.69. The summed E-state index contributed by atoms with van der Waals surface area (Å²) in [5, 5.41) is 37.8. The molecule has 0 aliphatic rings. The molecule has 0 saturated heterocycles. The van der Waals surface area contributed by atoms with Crippen LogP contribution in [0.2, 0.25) is 0 Å². The Morgan fingerprint density at radius 3 is 1.80 bits per heavy atom. The molecule has 0 heterocycles. The Balaban J connectivity index is -0.000000115. The maximum absolute atomic E-state index is 10.1. The van der Waals surface area contributed by atoms with E-state index in [-0.39, 0.29) is 26.8 Å². The average molecular weight is 296 g/mol. The Labute approximate surface area is 116 Å². The fraction of sp³-hybridized carbons (Fsp3) is 0.700. The summed E-state index contributed by atoms with van der Waals surface area (Å²) >= 11 is 0. The van der Waals surface area contributed by atoms with E-state index in [4.69, 9.17) is 14.7 Å². The van der Waals surface area contributed by atoms with E-state index in [0.717, 1.165) is 0 Å². The van der Waals surface area contributed by atoms with Crippen molar-refractivity contribution in [3.63, 3.8) is 0 Å². The molecule has 0 aromatic carbocycles. The molecule has 2 unspecified atom stereocenters. The minimum atomic E-state index is -1.79. The van der Waals surface area contributed by atoms with Gasteiger partial charge in [0.2, 0.25) is 0 Å². The second kappa shape index (κ2) is 17.2. The van der Waals surface area contributed by atoms with E-state index >= 15 is 0 Å². The number of carboxylic acid groups (broad SMARTS) is 2. The number of carboxylic acids is 2. The van der Waals surface area contributed by atoms with Crippen LogP contribution in [0.25, 0.3) is 0 Å². The van der Waals surface area contributed by atoms with Gasteiger partial charge in [0.1, 0.15) is 0 Å². The Bertz CT molecular complexity index is 295. The molecule has 20 heavy (non-hydrogen) atoms. The molecular weight excluding hydrogens is 276 g/mol. The minimum absolute atomic E-state index is 0. The maximum atomic E-state index is 10.1. The number of quaternary nitrogens is 2. The van der Waals surface area contributed by atoms with E-state index in [0.29, 0.717) is 13.0 Å². The SMILES string of the molecule is O=C=O.[H+].[NH3+]C(CCC(=O)[O-])C([O-])O.[NH3+]CCCC(=O)[O-]. The van der Waals surface area contributed by atoms with Gasteiger partial charge in [0.15, 0.2) is 0 Å². The van der Waals surface area contributed by atoms with Crippen LogP contribution in [0.1, 0.15) is 27.1 Å². The molecule has 0 aromatic rings. The smallest absolute Gasteiger partial charge is 0.827 e. The van der Waals surface area contributed by atoms with Crippen LogP contribution in [-0.4, -0.2) is 42.1 Å². The largest absolute Gasteiger partial charge is 1.00 e. The molecule has 0 bridgehead atoms. The van der Waals surface area contributed by atoms with Crippen LogP contribution >= 0.6 is 0 Å². The Hall–Kier alpha value is -1.84. The average Bonchev–Trinajstić information content (AvgIpc) is 2.34. The summed E-state index contributed by atoms with van der Waals surface area (Å²) < 4.78 is 0. The topological polar surface area (TPSA) is 213 Å². The van der Waals surface area contributed by atoms with Gasteiger partial charge in [0, 0.05) is 31.1 Å². The fourth-order valence-corrected chi connectivity index (χ4v) is 0.715. The van der Waals surface area contributed by atoms with Gasteiger partial charge in [-0.1, -0.05) is 0 Å². The third-order valence-electron chi connectivity index (χ3n) is 1.75. The molecule has 0 radical (unpaired) electrons. The zero-order valence-electron chi connectivity index (χ0n) is 11.9. The molecule has 0 fully saturated rings. The lowest BCUT2D eigenvalue weighted by Gasteiger charge is -2.19.